The standard InChI is InChI=1S/C53H90N16O19/c1-37(38(2)70)55-40(72)23-56(3)42(74)26-58(5)44(76)28-60(7)46(78)30-62(9)48(80)32-64(11)50(82)33-65(12)49(81)31-63(10)47(79)29-61(8)45(77)27-59(6)43(75)25-57(4)41(73)13-14-54-39(71)24-66-15-17-67(34-51(83)84)19-21-69(36-53(87)88)22-20-68(18-16-66)35-52(85)86/h37H,13-36H2,1-12H3,(H,54,71)(H,55,72)(H,83,84)(H,85,86)(H,87,88)/t37-/m0/s1. The first-order valence-electron chi connectivity index (χ1n) is 27.9. The van der Waals surface area contributed by atoms with Gasteiger partial charge in [0, 0.05) is 136 Å². The summed E-state index contributed by atoms with van der Waals surface area (Å²) in [6.07, 6.45) is -0.213. The Morgan fingerprint density at radius 2 is 0.534 bits per heavy atom. The summed E-state index contributed by atoms with van der Waals surface area (Å²) in [4.78, 5) is 218. The molecule has 1 aliphatic rings. The number of aliphatic carboxylic acids is 3. The van der Waals surface area contributed by atoms with Gasteiger partial charge in [0.2, 0.25) is 70.9 Å². The molecule has 0 aliphatic carbocycles. The highest BCUT2D eigenvalue weighted by molar-refractivity contribution is 5.95. The maximum atomic E-state index is 13.1. The molecule has 35 nitrogen and oxygen atoms in total. The van der Waals surface area contributed by atoms with E-state index in [2.05, 4.69) is 10.6 Å². The largest absolute Gasteiger partial charge is 0.480 e. The van der Waals surface area contributed by atoms with E-state index < -0.39 is 154 Å². The number of amides is 12. The van der Waals surface area contributed by atoms with Gasteiger partial charge in [-0.3, -0.25) is 96.3 Å². The molecule has 35 heteroatoms. The normalized spacial score (nSPS) is 13.8. The molecule has 1 aliphatic heterocycles. The minimum atomic E-state index is -1.10. The van der Waals surface area contributed by atoms with E-state index in [1.165, 1.54) is 84.3 Å². The van der Waals surface area contributed by atoms with Crippen LogP contribution in [0.3, 0.4) is 0 Å². The molecule has 0 bridgehead atoms. The zero-order valence-corrected chi connectivity index (χ0v) is 52.7. The summed E-state index contributed by atoms with van der Waals surface area (Å²) in [5.41, 5.74) is 0. The van der Waals surface area contributed by atoms with Gasteiger partial charge in [-0.1, -0.05) is 0 Å². The van der Waals surface area contributed by atoms with Gasteiger partial charge in [-0.15, -0.1) is 0 Å². The molecule has 0 unspecified atom stereocenters. The number of rotatable bonds is 33. The highest BCUT2D eigenvalue weighted by Crippen LogP contribution is 2.05. The molecule has 1 atom stereocenters. The Labute approximate surface area is 511 Å². The van der Waals surface area contributed by atoms with Gasteiger partial charge < -0.3 is 75.0 Å². The van der Waals surface area contributed by atoms with Gasteiger partial charge in [-0.2, -0.15) is 0 Å². The molecule has 0 aromatic rings. The summed E-state index contributed by atoms with van der Waals surface area (Å²) in [6, 6.07) is -0.743. The van der Waals surface area contributed by atoms with Gasteiger partial charge in [-0.05, 0) is 13.8 Å². The molecule has 5 N–H and O–H groups in total. The number of ketones is 1. The molecule has 1 saturated heterocycles. The molecule has 0 aromatic heterocycles. The zero-order chi connectivity index (χ0) is 67.3. The van der Waals surface area contributed by atoms with E-state index in [1.54, 1.807) is 19.6 Å². The van der Waals surface area contributed by atoms with Crippen molar-refractivity contribution in [2.45, 2.75) is 26.3 Å². The Morgan fingerprint density at radius 3 is 0.750 bits per heavy atom. The third-order valence-electron chi connectivity index (χ3n) is 14.0. The van der Waals surface area contributed by atoms with Crippen LogP contribution in [0.2, 0.25) is 0 Å². The van der Waals surface area contributed by atoms with Gasteiger partial charge >= 0.3 is 17.9 Å². The Balaban J connectivity index is 2.62. The monoisotopic (exact) mass is 1250 g/mol. The number of likely N-dealkylation sites (N-methyl/N-ethyl adjacent to an activating group) is 10. The summed E-state index contributed by atoms with van der Waals surface area (Å²) in [5.74, 6) is -11.0. The number of hydrogen-bond donors (Lipinski definition) is 5. The lowest BCUT2D eigenvalue weighted by Crippen LogP contribution is -2.50. The van der Waals surface area contributed by atoms with Crippen molar-refractivity contribution in [3.63, 3.8) is 0 Å². The fraction of sp³-hybridized carbons (Fsp3) is 0.698. The van der Waals surface area contributed by atoms with Crippen LogP contribution in [0.1, 0.15) is 20.3 Å². The number of nitrogens with zero attached hydrogens (tertiary/aromatic N) is 14. The van der Waals surface area contributed by atoms with E-state index in [0.29, 0.717) is 0 Å². The second-order valence-corrected chi connectivity index (χ2v) is 21.8. The van der Waals surface area contributed by atoms with Crippen molar-refractivity contribution in [3.05, 3.63) is 0 Å². The molecule has 12 amide bonds. The number of carbonyl (C=O) groups excluding carboxylic acids is 13. The molecule has 496 valence electrons. The van der Waals surface area contributed by atoms with Gasteiger partial charge in [0.15, 0.2) is 5.78 Å². The second kappa shape index (κ2) is 38.7. The fourth-order valence-electron chi connectivity index (χ4n) is 7.94. The number of Topliss-reactive ketones (excluding diaryl/α,β-unsaturated/α-hetero) is 1. The lowest BCUT2D eigenvalue weighted by molar-refractivity contribution is -0.146. The van der Waals surface area contributed by atoms with Gasteiger partial charge in [0.1, 0.15) is 0 Å². The van der Waals surface area contributed by atoms with Gasteiger partial charge in [0.25, 0.3) is 0 Å². The van der Waals surface area contributed by atoms with Crippen LogP contribution >= 0.6 is 0 Å². The van der Waals surface area contributed by atoms with Crippen molar-refractivity contribution in [2.75, 3.05) is 221 Å². The topological polar surface area (TPSA) is 403 Å². The molecular formula is C53H90N16O19. The lowest BCUT2D eigenvalue weighted by Gasteiger charge is -2.32. The minimum absolute atomic E-state index is 0.121. The highest BCUT2D eigenvalue weighted by atomic mass is 16.4. The molecule has 1 rings (SSSR count). The Morgan fingerprint density at radius 1 is 0.330 bits per heavy atom. The Kier molecular flexibility index (Phi) is 34.1. The number of carbonyl (C=O) groups is 16. The van der Waals surface area contributed by atoms with Crippen molar-refractivity contribution in [1.82, 2.24) is 79.2 Å². The fourth-order valence-corrected chi connectivity index (χ4v) is 7.94. The number of carboxylic acids is 3. The van der Waals surface area contributed by atoms with Crippen LogP contribution < -0.4 is 10.6 Å². The average Bonchev–Trinajstić information content (AvgIpc) is 3.63. The third kappa shape index (κ3) is 30.8. The predicted octanol–water partition coefficient (Wildman–Crippen LogP) is -8.35. The van der Waals surface area contributed by atoms with Crippen molar-refractivity contribution >= 4 is 94.6 Å². The summed E-state index contributed by atoms with van der Waals surface area (Å²) < 4.78 is 0. The molecule has 0 aromatic carbocycles. The number of hydrogen-bond acceptors (Lipinski definition) is 20. The average molecular weight is 1260 g/mol. The SMILES string of the molecule is CC(=O)[C@H](C)NC(=O)CN(C)C(=O)CN(C)C(=O)CN(C)C(=O)CN(C)C(=O)CN(C)C(=O)CN(C)C(=O)CN(C)C(=O)CN(C)C(=O)CN(C)C(=O)CN(C)C(=O)CCNC(=O)CN1CCN(CC(=O)O)CCN(CC(=O)O)CCN(CC(=O)O)CC1. The van der Waals surface area contributed by atoms with Crippen LogP contribution in [0.25, 0.3) is 0 Å². The van der Waals surface area contributed by atoms with E-state index in [4.69, 9.17) is 0 Å². The van der Waals surface area contributed by atoms with E-state index in [1.807, 2.05) is 0 Å². The first-order valence-corrected chi connectivity index (χ1v) is 27.9. The van der Waals surface area contributed by atoms with E-state index in [-0.39, 0.29) is 104 Å². The predicted molar refractivity (Wildman–Crippen MR) is 311 cm³/mol. The Hall–Kier alpha value is -8.44. The Bertz CT molecular complexity index is 2490. The number of nitrogens with one attached hydrogen (secondary N) is 2. The first kappa shape index (κ1) is 77.6. The molecule has 0 radical (unpaired) electrons. The molecule has 0 spiro atoms. The number of carboxylic acid groups (broad SMARTS) is 3. The van der Waals surface area contributed by atoms with Crippen molar-refractivity contribution < 1.29 is 92.0 Å². The third-order valence-corrected chi connectivity index (χ3v) is 14.0. The van der Waals surface area contributed by atoms with Crippen molar-refractivity contribution in [3.8, 4) is 0 Å². The molecule has 0 saturated carbocycles. The molecule has 1 heterocycles. The zero-order valence-electron chi connectivity index (χ0n) is 52.7. The maximum absolute atomic E-state index is 13.1. The smallest absolute Gasteiger partial charge is 0.317 e. The van der Waals surface area contributed by atoms with E-state index >= 15 is 0 Å². The summed E-state index contributed by atoms with van der Waals surface area (Å²) in [5, 5.41) is 33.4. The maximum Gasteiger partial charge on any atom is 0.317 e. The van der Waals surface area contributed by atoms with Crippen LogP contribution in [-0.2, 0) is 76.7 Å². The van der Waals surface area contributed by atoms with Crippen molar-refractivity contribution in [1.29, 1.82) is 0 Å². The quantitative estimate of drug-likeness (QED) is 0.0407. The van der Waals surface area contributed by atoms with E-state index in [9.17, 15) is 92.0 Å². The van der Waals surface area contributed by atoms with Crippen LogP contribution in [-0.4, -0.2) is 406 Å². The lowest BCUT2D eigenvalue weighted by atomic mass is 10.2. The molecule has 1 fully saturated rings. The minimum Gasteiger partial charge on any atom is -0.480 e. The summed E-state index contributed by atoms with van der Waals surface area (Å²) in [6.45, 7) is -1.59. The van der Waals surface area contributed by atoms with Crippen LogP contribution in [0.15, 0.2) is 0 Å². The van der Waals surface area contributed by atoms with Crippen LogP contribution in [0, 0.1) is 0 Å². The summed E-state index contributed by atoms with van der Waals surface area (Å²) in [7, 11) is 13.1. The highest BCUT2D eigenvalue weighted by Gasteiger charge is 2.28. The molecular weight excluding hydrogens is 1160 g/mol. The first-order chi connectivity index (χ1) is 40.9. The molecule has 88 heavy (non-hydrogen) atoms. The summed E-state index contributed by atoms with van der Waals surface area (Å²) >= 11 is 0. The van der Waals surface area contributed by atoms with Crippen LogP contribution in [0.5, 0.6) is 0 Å². The van der Waals surface area contributed by atoms with E-state index in [0.717, 1.165) is 49.0 Å². The van der Waals surface area contributed by atoms with Crippen molar-refractivity contribution in [2.24, 2.45) is 0 Å². The van der Waals surface area contributed by atoms with Gasteiger partial charge in [0.05, 0.1) is 97.7 Å². The van der Waals surface area contributed by atoms with Crippen LogP contribution in [0.4, 0.5) is 0 Å². The van der Waals surface area contributed by atoms with Gasteiger partial charge in [-0.25, -0.2) is 0 Å². The second-order valence-electron chi connectivity index (χ2n) is 21.8.